The number of hydrogen-bond donors (Lipinski definition) is 1. The molecule has 3 nitrogen and oxygen atoms in total. The lowest BCUT2D eigenvalue weighted by Gasteiger charge is -2.03. The lowest BCUT2D eigenvalue weighted by Crippen LogP contribution is -2.27. The van der Waals surface area contributed by atoms with Gasteiger partial charge in [-0.1, -0.05) is 29.8 Å². The number of carbonyl (C=O) groups is 1. The Labute approximate surface area is 160 Å². The highest BCUT2D eigenvalue weighted by Gasteiger charge is 2.08. The van der Waals surface area contributed by atoms with Crippen molar-refractivity contribution >= 4 is 40.3 Å². The van der Waals surface area contributed by atoms with Crippen LogP contribution in [-0.4, -0.2) is 23.2 Å². The van der Waals surface area contributed by atoms with Gasteiger partial charge in [-0.25, -0.2) is 4.98 Å². The number of thiazole rings is 1. The molecule has 0 bridgehead atoms. The highest BCUT2D eigenvalue weighted by atomic mass is 32.2. The number of carbonyl (C=O) groups excluding carboxylic acids is 1. The summed E-state index contributed by atoms with van der Waals surface area (Å²) in [5.41, 5.74) is 4.53. The maximum absolute atomic E-state index is 12.0. The number of aryl methyl sites for hydroxylation is 1. The van der Waals surface area contributed by atoms with Gasteiger partial charge < -0.3 is 5.32 Å². The second kappa shape index (κ2) is 9.17. The molecule has 0 aliphatic rings. The highest BCUT2D eigenvalue weighted by molar-refractivity contribution is 7.98. The van der Waals surface area contributed by atoms with Gasteiger partial charge in [0.25, 0.3) is 0 Å². The minimum atomic E-state index is 0.0388. The molecule has 3 aromatic rings. The maximum atomic E-state index is 12.0. The van der Waals surface area contributed by atoms with Gasteiger partial charge in [-0.3, -0.25) is 4.79 Å². The molecule has 0 atom stereocenters. The van der Waals surface area contributed by atoms with E-state index in [1.54, 1.807) is 22.7 Å². The first-order valence-electron chi connectivity index (χ1n) is 8.07. The summed E-state index contributed by atoms with van der Waals surface area (Å²) in [4.78, 5) is 16.6. The van der Waals surface area contributed by atoms with Crippen molar-refractivity contribution in [3.8, 4) is 10.6 Å². The fourth-order valence-corrected chi connectivity index (χ4v) is 4.68. The fraction of sp³-hybridized carbons (Fsp3) is 0.263. The zero-order valence-corrected chi connectivity index (χ0v) is 16.5. The monoisotopic (exact) mass is 388 g/mol. The van der Waals surface area contributed by atoms with Crippen molar-refractivity contribution in [2.24, 2.45) is 0 Å². The Morgan fingerprint density at radius 1 is 1.20 bits per heavy atom. The topological polar surface area (TPSA) is 42.0 Å². The standard InChI is InChI=1S/C19H20N2OS3/c1-14-2-4-16(5-3-14)19-21-17(13-25-19)10-18(22)20-7-9-24-12-15-6-8-23-11-15/h2-6,8,11,13H,7,9-10,12H2,1H3,(H,20,22). The van der Waals surface area contributed by atoms with E-state index in [2.05, 4.69) is 58.3 Å². The van der Waals surface area contributed by atoms with E-state index in [1.165, 1.54) is 11.1 Å². The smallest absolute Gasteiger partial charge is 0.226 e. The van der Waals surface area contributed by atoms with Crippen LogP contribution in [0.2, 0.25) is 0 Å². The predicted molar refractivity (Wildman–Crippen MR) is 109 cm³/mol. The largest absolute Gasteiger partial charge is 0.355 e. The van der Waals surface area contributed by atoms with E-state index in [4.69, 9.17) is 0 Å². The molecule has 6 heteroatoms. The Morgan fingerprint density at radius 2 is 2.04 bits per heavy atom. The third-order valence-electron chi connectivity index (χ3n) is 3.61. The van der Waals surface area contributed by atoms with Crippen molar-refractivity contribution in [2.45, 2.75) is 19.1 Å². The zero-order valence-electron chi connectivity index (χ0n) is 14.0. The molecule has 0 saturated heterocycles. The summed E-state index contributed by atoms with van der Waals surface area (Å²) in [6.07, 6.45) is 0.345. The minimum absolute atomic E-state index is 0.0388. The summed E-state index contributed by atoms with van der Waals surface area (Å²) in [7, 11) is 0. The van der Waals surface area contributed by atoms with Gasteiger partial charge in [-0.15, -0.1) is 11.3 Å². The molecule has 0 aliphatic heterocycles. The quantitative estimate of drug-likeness (QED) is 0.565. The number of aromatic nitrogens is 1. The number of amides is 1. The van der Waals surface area contributed by atoms with Gasteiger partial charge in [-0.2, -0.15) is 23.1 Å². The summed E-state index contributed by atoms with van der Waals surface area (Å²) in [5.74, 6) is 1.97. The molecule has 2 aromatic heterocycles. The molecule has 2 heterocycles. The number of nitrogens with one attached hydrogen (secondary N) is 1. The lowest BCUT2D eigenvalue weighted by atomic mass is 10.2. The zero-order chi connectivity index (χ0) is 17.5. The second-order valence-electron chi connectivity index (χ2n) is 5.72. The molecule has 0 spiro atoms. The molecule has 3 rings (SSSR count). The second-order valence-corrected chi connectivity index (χ2v) is 8.46. The Balaban J connectivity index is 1.40. The van der Waals surface area contributed by atoms with Crippen LogP contribution in [0, 0.1) is 6.92 Å². The number of nitrogens with zero attached hydrogens (tertiary/aromatic N) is 1. The van der Waals surface area contributed by atoms with Gasteiger partial charge in [0.15, 0.2) is 0 Å². The van der Waals surface area contributed by atoms with E-state index in [1.807, 2.05) is 17.1 Å². The van der Waals surface area contributed by atoms with Crippen LogP contribution in [0.3, 0.4) is 0 Å². The number of hydrogen-bond acceptors (Lipinski definition) is 5. The van der Waals surface area contributed by atoms with Crippen LogP contribution in [0.5, 0.6) is 0 Å². The van der Waals surface area contributed by atoms with Crippen LogP contribution < -0.4 is 5.32 Å². The summed E-state index contributed by atoms with van der Waals surface area (Å²) < 4.78 is 0. The van der Waals surface area contributed by atoms with Gasteiger partial charge in [0.1, 0.15) is 5.01 Å². The van der Waals surface area contributed by atoms with Gasteiger partial charge in [-0.05, 0) is 29.3 Å². The number of benzene rings is 1. The molecule has 0 fully saturated rings. The first-order valence-corrected chi connectivity index (χ1v) is 11.1. The summed E-state index contributed by atoms with van der Waals surface area (Å²) in [6, 6.07) is 10.4. The fourth-order valence-electron chi connectivity index (χ4n) is 2.27. The molecule has 0 radical (unpaired) electrons. The Morgan fingerprint density at radius 3 is 2.80 bits per heavy atom. The average molecular weight is 389 g/mol. The first kappa shape index (κ1) is 18.2. The predicted octanol–water partition coefficient (Wildman–Crippen LogP) is 4.77. The van der Waals surface area contributed by atoms with E-state index in [0.717, 1.165) is 27.8 Å². The average Bonchev–Trinajstić information content (AvgIpc) is 3.27. The van der Waals surface area contributed by atoms with E-state index >= 15 is 0 Å². The van der Waals surface area contributed by atoms with Crippen LogP contribution >= 0.6 is 34.4 Å². The SMILES string of the molecule is Cc1ccc(-c2nc(CC(=O)NCCSCc3ccsc3)cs2)cc1. The van der Waals surface area contributed by atoms with Gasteiger partial charge >= 0.3 is 0 Å². The molecule has 0 unspecified atom stereocenters. The van der Waals surface area contributed by atoms with Crippen molar-refractivity contribution in [1.82, 2.24) is 10.3 Å². The summed E-state index contributed by atoms with van der Waals surface area (Å²) >= 11 is 5.15. The van der Waals surface area contributed by atoms with Gasteiger partial charge in [0.05, 0.1) is 12.1 Å². The summed E-state index contributed by atoms with van der Waals surface area (Å²) in [5, 5.41) is 10.2. The van der Waals surface area contributed by atoms with Crippen LogP contribution in [0.4, 0.5) is 0 Å². The molecular formula is C19H20N2OS3. The highest BCUT2D eigenvalue weighted by Crippen LogP contribution is 2.24. The third-order valence-corrected chi connectivity index (χ3v) is 6.31. The van der Waals surface area contributed by atoms with Crippen LogP contribution in [0.15, 0.2) is 46.5 Å². The Kier molecular flexibility index (Phi) is 6.67. The molecule has 0 aliphatic carbocycles. The molecular weight excluding hydrogens is 368 g/mol. The van der Waals surface area contributed by atoms with Crippen LogP contribution in [0.25, 0.3) is 10.6 Å². The summed E-state index contributed by atoms with van der Waals surface area (Å²) in [6.45, 7) is 2.77. The number of thiophene rings is 1. The van der Waals surface area contributed by atoms with Crippen LogP contribution in [0.1, 0.15) is 16.8 Å². The van der Waals surface area contributed by atoms with Crippen molar-refractivity contribution in [1.29, 1.82) is 0 Å². The molecule has 0 saturated carbocycles. The molecule has 1 amide bonds. The molecule has 130 valence electrons. The number of thioether (sulfide) groups is 1. The normalized spacial score (nSPS) is 10.8. The minimum Gasteiger partial charge on any atom is -0.355 e. The molecule has 1 N–H and O–H groups in total. The molecule has 25 heavy (non-hydrogen) atoms. The van der Waals surface area contributed by atoms with E-state index < -0.39 is 0 Å². The van der Waals surface area contributed by atoms with Crippen molar-refractivity contribution < 1.29 is 4.79 Å². The van der Waals surface area contributed by atoms with Crippen molar-refractivity contribution in [2.75, 3.05) is 12.3 Å². The van der Waals surface area contributed by atoms with Gasteiger partial charge in [0, 0.05) is 29.0 Å². The lowest BCUT2D eigenvalue weighted by molar-refractivity contribution is -0.120. The van der Waals surface area contributed by atoms with Crippen LogP contribution in [-0.2, 0) is 17.0 Å². The third kappa shape index (κ3) is 5.70. The Hall–Kier alpha value is -1.63. The van der Waals surface area contributed by atoms with Crippen molar-refractivity contribution in [3.05, 3.63) is 63.3 Å². The maximum Gasteiger partial charge on any atom is 0.226 e. The number of rotatable bonds is 8. The van der Waals surface area contributed by atoms with Crippen molar-refractivity contribution in [3.63, 3.8) is 0 Å². The van der Waals surface area contributed by atoms with E-state index in [9.17, 15) is 4.79 Å². The molecule has 1 aromatic carbocycles. The first-order chi connectivity index (χ1) is 12.2. The Bertz CT molecular complexity index is 794. The van der Waals surface area contributed by atoms with E-state index in [0.29, 0.717) is 13.0 Å². The van der Waals surface area contributed by atoms with E-state index in [-0.39, 0.29) is 5.91 Å². The van der Waals surface area contributed by atoms with Gasteiger partial charge in [0.2, 0.25) is 5.91 Å².